The van der Waals surface area contributed by atoms with Gasteiger partial charge in [0.1, 0.15) is 29.1 Å². The van der Waals surface area contributed by atoms with E-state index in [0.717, 1.165) is 0 Å². The van der Waals surface area contributed by atoms with E-state index in [1.807, 2.05) is 0 Å². The van der Waals surface area contributed by atoms with Crippen LogP contribution in [0.4, 0.5) is 18.0 Å². The number of halogens is 3. The Hall–Kier alpha value is -3.03. The first kappa shape index (κ1) is 21.3. The number of hydrogen-bond donors (Lipinski definition) is 2. The molecule has 0 spiro atoms. The fourth-order valence-electron chi connectivity index (χ4n) is 2.51. The van der Waals surface area contributed by atoms with E-state index in [-0.39, 0.29) is 17.5 Å². The van der Waals surface area contributed by atoms with Crippen LogP contribution >= 0.6 is 0 Å². The third-order valence-corrected chi connectivity index (χ3v) is 3.68. The third-order valence-electron chi connectivity index (χ3n) is 3.68. The van der Waals surface area contributed by atoms with E-state index in [9.17, 15) is 27.9 Å². The summed E-state index contributed by atoms with van der Waals surface area (Å²) < 4.78 is 45.8. The lowest BCUT2D eigenvalue weighted by Gasteiger charge is -2.22. The molecule has 5 nitrogen and oxygen atoms in total. The molecule has 2 rings (SSSR count). The number of benzene rings is 2. The third kappa shape index (κ3) is 5.73. The Morgan fingerprint density at radius 3 is 2.07 bits per heavy atom. The molecule has 0 aromatic heterocycles. The summed E-state index contributed by atoms with van der Waals surface area (Å²) in [5, 5.41) is 11.6. The van der Waals surface area contributed by atoms with Crippen LogP contribution in [0.15, 0.2) is 36.4 Å². The molecule has 0 aliphatic rings. The van der Waals surface area contributed by atoms with E-state index in [1.165, 1.54) is 24.3 Å². The van der Waals surface area contributed by atoms with Gasteiger partial charge >= 0.3 is 12.1 Å². The number of amides is 1. The van der Waals surface area contributed by atoms with E-state index in [2.05, 4.69) is 5.32 Å². The summed E-state index contributed by atoms with van der Waals surface area (Å²) in [4.78, 5) is 23.2. The molecule has 1 atom stereocenters. The number of carboxylic acid groups (broad SMARTS) is 1. The molecule has 0 aliphatic carbocycles. The molecule has 2 N–H and O–H groups in total. The van der Waals surface area contributed by atoms with Crippen molar-refractivity contribution in [2.24, 2.45) is 0 Å². The number of alkyl carbamates (subject to hydrolysis) is 1. The molecule has 0 unspecified atom stereocenters. The first-order valence-corrected chi connectivity index (χ1v) is 8.42. The van der Waals surface area contributed by atoms with Gasteiger partial charge in [0.25, 0.3) is 0 Å². The van der Waals surface area contributed by atoms with Crippen LogP contribution in [-0.2, 0) is 16.0 Å². The number of carboxylic acids is 1. The van der Waals surface area contributed by atoms with Crippen LogP contribution in [0.5, 0.6) is 0 Å². The smallest absolute Gasteiger partial charge is 0.408 e. The average Bonchev–Trinajstić information content (AvgIpc) is 2.53. The van der Waals surface area contributed by atoms with Crippen molar-refractivity contribution in [1.29, 1.82) is 0 Å². The van der Waals surface area contributed by atoms with Crippen LogP contribution < -0.4 is 5.32 Å². The van der Waals surface area contributed by atoms with Crippen LogP contribution in [-0.4, -0.2) is 28.8 Å². The number of rotatable bonds is 5. The Balaban J connectivity index is 2.16. The molecule has 0 bridgehead atoms. The number of aliphatic carboxylic acids is 1. The fourth-order valence-corrected chi connectivity index (χ4v) is 2.51. The largest absolute Gasteiger partial charge is 0.480 e. The van der Waals surface area contributed by atoms with Gasteiger partial charge in [-0.3, -0.25) is 0 Å². The zero-order chi connectivity index (χ0) is 21.1. The van der Waals surface area contributed by atoms with Gasteiger partial charge < -0.3 is 15.2 Å². The standard InChI is InChI=1S/C20H20F3NO4/c1-20(2,3)28-19(27)24-16(18(25)26)8-11-4-6-12(7-5-11)17-14(22)9-13(21)10-15(17)23/h4-7,9-10,16H,8H2,1-3H3,(H,24,27)(H,25,26)/t16-/m1/s1. The summed E-state index contributed by atoms with van der Waals surface area (Å²) in [6.07, 6.45) is -0.935. The molecule has 2 aromatic carbocycles. The Kier molecular flexibility index (Phi) is 6.33. The Bertz CT molecular complexity index is 853. The molecule has 1 amide bonds. The monoisotopic (exact) mass is 395 g/mol. The molecule has 0 fully saturated rings. The number of carbonyl (C=O) groups is 2. The van der Waals surface area contributed by atoms with Crippen molar-refractivity contribution in [1.82, 2.24) is 5.32 Å². The summed E-state index contributed by atoms with van der Waals surface area (Å²) in [6.45, 7) is 4.94. The Morgan fingerprint density at radius 2 is 1.61 bits per heavy atom. The highest BCUT2D eigenvalue weighted by atomic mass is 19.1. The predicted molar refractivity (Wildman–Crippen MR) is 96.2 cm³/mol. The molecule has 0 aliphatic heterocycles. The average molecular weight is 395 g/mol. The lowest BCUT2D eigenvalue weighted by molar-refractivity contribution is -0.139. The van der Waals surface area contributed by atoms with Gasteiger partial charge in [0.05, 0.1) is 5.56 Å². The molecule has 8 heteroatoms. The van der Waals surface area contributed by atoms with E-state index in [4.69, 9.17) is 4.74 Å². The van der Waals surface area contributed by atoms with Gasteiger partial charge in [-0.05, 0) is 31.9 Å². The molecular formula is C20H20F3NO4. The molecular weight excluding hydrogens is 375 g/mol. The minimum absolute atomic E-state index is 0.0662. The first-order valence-electron chi connectivity index (χ1n) is 8.42. The molecule has 0 saturated heterocycles. The summed E-state index contributed by atoms with van der Waals surface area (Å²) >= 11 is 0. The molecule has 28 heavy (non-hydrogen) atoms. The summed E-state index contributed by atoms with van der Waals surface area (Å²) in [6, 6.07) is 5.64. The lowest BCUT2D eigenvalue weighted by atomic mass is 10.00. The molecule has 0 radical (unpaired) electrons. The minimum Gasteiger partial charge on any atom is -0.480 e. The highest BCUT2D eigenvalue weighted by molar-refractivity contribution is 5.80. The van der Waals surface area contributed by atoms with Crippen molar-refractivity contribution in [2.75, 3.05) is 0 Å². The maximum Gasteiger partial charge on any atom is 0.408 e. The second-order valence-electron chi connectivity index (χ2n) is 7.18. The van der Waals surface area contributed by atoms with Gasteiger partial charge in [0.2, 0.25) is 0 Å². The van der Waals surface area contributed by atoms with E-state index < -0.39 is 41.2 Å². The normalized spacial score (nSPS) is 12.4. The van der Waals surface area contributed by atoms with E-state index >= 15 is 0 Å². The fraction of sp³-hybridized carbons (Fsp3) is 0.300. The maximum absolute atomic E-state index is 13.9. The summed E-state index contributed by atoms with van der Waals surface area (Å²) in [7, 11) is 0. The minimum atomic E-state index is -1.26. The maximum atomic E-state index is 13.9. The Labute approximate surface area is 160 Å². The van der Waals surface area contributed by atoms with Gasteiger partial charge in [-0.2, -0.15) is 0 Å². The number of ether oxygens (including phenoxy) is 1. The summed E-state index contributed by atoms with van der Waals surface area (Å²) in [5.74, 6) is -4.36. The van der Waals surface area contributed by atoms with Gasteiger partial charge in [0, 0.05) is 18.6 Å². The zero-order valence-electron chi connectivity index (χ0n) is 15.6. The van der Waals surface area contributed by atoms with Crippen molar-refractivity contribution in [3.05, 3.63) is 59.4 Å². The topological polar surface area (TPSA) is 75.6 Å². The molecule has 0 saturated carbocycles. The van der Waals surface area contributed by atoms with Crippen molar-refractivity contribution < 1.29 is 32.6 Å². The van der Waals surface area contributed by atoms with Gasteiger partial charge in [-0.25, -0.2) is 22.8 Å². The second-order valence-corrected chi connectivity index (χ2v) is 7.18. The second kappa shape index (κ2) is 8.33. The quantitative estimate of drug-likeness (QED) is 0.792. The van der Waals surface area contributed by atoms with Crippen molar-refractivity contribution in [3.63, 3.8) is 0 Å². The van der Waals surface area contributed by atoms with Crippen LogP contribution in [0.1, 0.15) is 26.3 Å². The van der Waals surface area contributed by atoms with E-state index in [0.29, 0.717) is 17.7 Å². The molecule has 0 heterocycles. The first-order chi connectivity index (χ1) is 13.0. The number of nitrogens with one attached hydrogen (secondary N) is 1. The van der Waals surface area contributed by atoms with Gasteiger partial charge in [-0.1, -0.05) is 24.3 Å². The summed E-state index contributed by atoms with van der Waals surface area (Å²) in [5.41, 5.74) is -0.478. The van der Waals surface area contributed by atoms with Crippen molar-refractivity contribution >= 4 is 12.1 Å². The predicted octanol–water partition coefficient (Wildman–Crippen LogP) is 4.29. The zero-order valence-corrected chi connectivity index (χ0v) is 15.6. The van der Waals surface area contributed by atoms with Gasteiger partial charge in [-0.15, -0.1) is 0 Å². The molecule has 150 valence electrons. The van der Waals surface area contributed by atoms with Crippen LogP contribution in [0.3, 0.4) is 0 Å². The highest BCUT2D eigenvalue weighted by Gasteiger charge is 2.24. The van der Waals surface area contributed by atoms with E-state index in [1.54, 1.807) is 20.8 Å². The Morgan fingerprint density at radius 1 is 1.07 bits per heavy atom. The molecule has 2 aromatic rings. The number of hydrogen-bond acceptors (Lipinski definition) is 3. The van der Waals surface area contributed by atoms with Gasteiger partial charge in [0.15, 0.2) is 0 Å². The lowest BCUT2D eigenvalue weighted by Crippen LogP contribution is -2.44. The SMILES string of the molecule is CC(C)(C)OC(=O)N[C@H](Cc1ccc(-c2c(F)cc(F)cc2F)cc1)C(=O)O. The van der Waals surface area contributed by atoms with Crippen LogP contribution in [0, 0.1) is 17.5 Å². The van der Waals surface area contributed by atoms with Crippen LogP contribution in [0.2, 0.25) is 0 Å². The van der Waals surface area contributed by atoms with Crippen LogP contribution in [0.25, 0.3) is 11.1 Å². The van der Waals surface area contributed by atoms with Crippen molar-refractivity contribution in [3.8, 4) is 11.1 Å². The van der Waals surface area contributed by atoms with Crippen molar-refractivity contribution in [2.45, 2.75) is 38.8 Å². The highest BCUT2D eigenvalue weighted by Crippen LogP contribution is 2.27. The number of carbonyl (C=O) groups excluding carboxylic acids is 1.